The first kappa shape index (κ1) is 13.3. The molecule has 0 saturated heterocycles. The van der Waals surface area contributed by atoms with Gasteiger partial charge in [-0.05, 0) is 77.5 Å². The zero-order valence-electron chi connectivity index (χ0n) is 11.1. The summed E-state index contributed by atoms with van der Waals surface area (Å²) in [5, 5.41) is 3.44. The van der Waals surface area contributed by atoms with Crippen LogP contribution in [0.25, 0.3) is 0 Å². The van der Waals surface area contributed by atoms with Crippen LogP contribution in [0.5, 0.6) is 0 Å². The Morgan fingerprint density at radius 1 is 1.21 bits per heavy atom. The summed E-state index contributed by atoms with van der Waals surface area (Å²) in [6.07, 6.45) is 4.92. The van der Waals surface area contributed by atoms with Crippen LogP contribution in [0.3, 0.4) is 0 Å². The molecule has 0 saturated carbocycles. The van der Waals surface area contributed by atoms with Gasteiger partial charge < -0.3 is 5.32 Å². The molecule has 0 aliphatic heterocycles. The molecule has 1 nitrogen and oxygen atoms in total. The number of aryl methyl sites for hydroxylation is 2. The number of hydrogen-bond donors (Lipinski definition) is 1. The Bertz CT molecular complexity index is 576. The quantitative estimate of drug-likeness (QED) is 0.867. The first-order valence-corrected chi connectivity index (χ1v) is 8.40. The van der Waals surface area contributed by atoms with Crippen molar-refractivity contribution in [3.8, 4) is 0 Å². The second-order valence-corrected chi connectivity index (χ2v) is 7.64. The maximum atomic E-state index is 3.55. The molecule has 0 fully saturated rings. The van der Waals surface area contributed by atoms with Gasteiger partial charge in [-0.25, -0.2) is 0 Å². The molecule has 3 rings (SSSR count). The highest BCUT2D eigenvalue weighted by atomic mass is 79.9. The third-order valence-corrected chi connectivity index (χ3v) is 5.63. The molecule has 1 heterocycles. The minimum absolute atomic E-state index is 0.413. The molecule has 1 atom stereocenters. The normalized spacial score (nSPS) is 15.5. The molecule has 0 bridgehead atoms. The number of fused-ring (bicyclic) bond motifs is 1. The first-order chi connectivity index (χ1) is 9.26. The maximum Gasteiger partial charge on any atom is 0.0701 e. The fourth-order valence-corrected chi connectivity index (χ4v) is 4.38. The van der Waals surface area contributed by atoms with E-state index in [0.717, 1.165) is 6.42 Å². The van der Waals surface area contributed by atoms with Crippen LogP contribution in [-0.4, -0.2) is 7.05 Å². The van der Waals surface area contributed by atoms with Gasteiger partial charge in [0.25, 0.3) is 0 Å². The highest BCUT2D eigenvalue weighted by molar-refractivity contribution is 9.11. The van der Waals surface area contributed by atoms with E-state index in [1.807, 2.05) is 18.4 Å². The van der Waals surface area contributed by atoms with E-state index in [9.17, 15) is 0 Å². The number of rotatable bonds is 4. The zero-order valence-corrected chi connectivity index (χ0v) is 13.5. The number of likely N-dealkylation sites (N-methyl/N-ethyl adjacent to an activating group) is 1. The minimum Gasteiger partial charge on any atom is -0.312 e. The standard InChI is InChI=1S/C16H18BrNS/c1-18-14(15-7-8-16(17)19-15)10-11-5-6-12-3-2-4-13(12)9-11/h5-9,14,18H,2-4,10H2,1H3. The molecule has 100 valence electrons. The van der Waals surface area contributed by atoms with Gasteiger partial charge in [0.1, 0.15) is 0 Å². The van der Waals surface area contributed by atoms with Gasteiger partial charge in [-0.2, -0.15) is 0 Å². The zero-order chi connectivity index (χ0) is 13.2. The largest absolute Gasteiger partial charge is 0.312 e. The topological polar surface area (TPSA) is 12.0 Å². The van der Waals surface area contributed by atoms with Crippen molar-refractivity contribution in [2.45, 2.75) is 31.7 Å². The molecule has 0 spiro atoms. The predicted molar refractivity (Wildman–Crippen MR) is 86.0 cm³/mol. The summed E-state index contributed by atoms with van der Waals surface area (Å²) in [6, 6.07) is 11.8. The van der Waals surface area contributed by atoms with Crippen molar-refractivity contribution < 1.29 is 0 Å². The summed E-state index contributed by atoms with van der Waals surface area (Å²) in [6.45, 7) is 0. The highest BCUT2D eigenvalue weighted by Gasteiger charge is 2.15. The Hall–Kier alpha value is -0.640. The van der Waals surface area contributed by atoms with E-state index >= 15 is 0 Å². The molecule has 1 aliphatic carbocycles. The molecule has 1 aliphatic rings. The number of benzene rings is 1. The number of nitrogens with one attached hydrogen (secondary N) is 1. The van der Waals surface area contributed by atoms with Gasteiger partial charge in [0.2, 0.25) is 0 Å². The van der Waals surface area contributed by atoms with Crippen molar-refractivity contribution in [2.75, 3.05) is 7.05 Å². The lowest BCUT2D eigenvalue weighted by Gasteiger charge is -2.15. The van der Waals surface area contributed by atoms with Gasteiger partial charge in [0.05, 0.1) is 3.79 Å². The van der Waals surface area contributed by atoms with E-state index in [2.05, 4.69) is 51.6 Å². The lowest BCUT2D eigenvalue weighted by atomic mass is 10.0. The van der Waals surface area contributed by atoms with Crippen molar-refractivity contribution in [3.63, 3.8) is 0 Å². The first-order valence-electron chi connectivity index (χ1n) is 6.79. The van der Waals surface area contributed by atoms with Gasteiger partial charge in [-0.3, -0.25) is 0 Å². The molecule has 0 amide bonds. The predicted octanol–water partition coefficient (Wildman–Crippen LogP) is 4.50. The Morgan fingerprint density at radius 2 is 2.05 bits per heavy atom. The molecule has 19 heavy (non-hydrogen) atoms. The van der Waals surface area contributed by atoms with Crippen LogP contribution in [0.2, 0.25) is 0 Å². The Morgan fingerprint density at radius 3 is 2.79 bits per heavy atom. The summed E-state index contributed by atoms with van der Waals surface area (Å²) in [5.74, 6) is 0. The molecular formula is C16H18BrNS. The van der Waals surface area contributed by atoms with Crippen molar-refractivity contribution in [2.24, 2.45) is 0 Å². The van der Waals surface area contributed by atoms with E-state index in [0.29, 0.717) is 6.04 Å². The Kier molecular flexibility index (Phi) is 4.06. The van der Waals surface area contributed by atoms with Gasteiger partial charge >= 0.3 is 0 Å². The summed E-state index contributed by atoms with van der Waals surface area (Å²) >= 11 is 5.37. The molecule has 2 aromatic rings. The van der Waals surface area contributed by atoms with Crippen molar-refractivity contribution in [1.82, 2.24) is 5.32 Å². The van der Waals surface area contributed by atoms with Crippen LogP contribution < -0.4 is 5.32 Å². The number of halogens is 1. The Labute approximate surface area is 127 Å². The second kappa shape index (κ2) is 5.78. The monoisotopic (exact) mass is 335 g/mol. The van der Waals surface area contributed by atoms with E-state index in [1.54, 1.807) is 11.1 Å². The maximum absolute atomic E-state index is 3.55. The smallest absolute Gasteiger partial charge is 0.0701 e. The molecule has 0 radical (unpaired) electrons. The average Bonchev–Trinajstić information content (AvgIpc) is 3.04. The Balaban J connectivity index is 1.79. The van der Waals surface area contributed by atoms with Crippen LogP contribution in [-0.2, 0) is 19.3 Å². The molecule has 1 N–H and O–H groups in total. The van der Waals surface area contributed by atoms with E-state index in [4.69, 9.17) is 0 Å². The van der Waals surface area contributed by atoms with Gasteiger partial charge in [0.15, 0.2) is 0 Å². The third-order valence-electron chi connectivity index (χ3n) is 3.89. The number of thiophene rings is 1. The fraction of sp³-hybridized carbons (Fsp3) is 0.375. The second-order valence-electron chi connectivity index (χ2n) is 5.14. The minimum atomic E-state index is 0.413. The van der Waals surface area contributed by atoms with Crippen molar-refractivity contribution in [1.29, 1.82) is 0 Å². The van der Waals surface area contributed by atoms with Gasteiger partial charge in [-0.1, -0.05) is 18.2 Å². The SMILES string of the molecule is CNC(Cc1ccc2c(c1)CCC2)c1ccc(Br)s1. The van der Waals surface area contributed by atoms with Gasteiger partial charge in [0, 0.05) is 10.9 Å². The molecule has 1 aromatic carbocycles. The summed E-state index contributed by atoms with van der Waals surface area (Å²) in [4.78, 5) is 1.40. The number of hydrogen-bond acceptors (Lipinski definition) is 2. The van der Waals surface area contributed by atoms with Crippen molar-refractivity contribution >= 4 is 27.3 Å². The van der Waals surface area contributed by atoms with E-state index in [-0.39, 0.29) is 0 Å². The van der Waals surface area contributed by atoms with Crippen LogP contribution in [0, 0.1) is 0 Å². The average molecular weight is 336 g/mol. The highest BCUT2D eigenvalue weighted by Crippen LogP contribution is 2.30. The van der Waals surface area contributed by atoms with Crippen LogP contribution in [0.15, 0.2) is 34.1 Å². The summed E-state index contributed by atoms with van der Waals surface area (Å²) < 4.78 is 1.21. The van der Waals surface area contributed by atoms with Crippen LogP contribution in [0.1, 0.15) is 34.0 Å². The lowest BCUT2D eigenvalue weighted by molar-refractivity contribution is 0.602. The molecule has 1 aromatic heterocycles. The molecular weight excluding hydrogens is 318 g/mol. The third kappa shape index (κ3) is 2.93. The fourth-order valence-electron chi connectivity index (χ4n) is 2.85. The van der Waals surface area contributed by atoms with E-state index in [1.165, 1.54) is 33.5 Å². The van der Waals surface area contributed by atoms with Crippen LogP contribution >= 0.6 is 27.3 Å². The van der Waals surface area contributed by atoms with Crippen molar-refractivity contribution in [3.05, 3.63) is 55.7 Å². The van der Waals surface area contributed by atoms with Crippen LogP contribution in [0.4, 0.5) is 0 Å². The van der Waals surface area contributed by atoms with Gasteiger partial charge in [-0.15, -0.1) is 11.3 Å². The summed E-state index contributed by atoms with van der Waals surface area (Å²) in [5.41, 5.74) is 4.58. The molecule has 1 unspecified atom stereocenters. The lowest BCUT2D eigenvalue weighted by Crippen LogP contribution is -2.17. The molecule has 3 heteroatoms. The summed E-state index contributed by atoms with van der Waals surface area (Å²) in [7, 11) is 2.05. The van der Waals surface area contributed by atoms with E-state index < -0.39 is 0 Å².